The predicted molar refractivity (Wildman–Crippen MR) is 167 cm³/mol. The van der Waals surface area contributed by atoms with E-state index in [-0.39, 0.29) is 11.5 Å². The number of para-hydroxylation sites is 1. The largest absolute Gasteiger partial charge is 0.494 e. The standard InChI is InChI=1S/C29H29I2N3O3/c1-6-36-26-12-18(5)22(15-21(26)17(3)4)28-33-25-11-9-8-10-20(25)29(35)34(28)32-16-19-13-23(30)27(37-7-2)24(31)14-19/h8-17H,6-7H2,1-5H3. The van der Waals surface area contributed by atoms with Gasteiger partial charge in [-0.15, -0.1) is 0 Å². The van der Waals surface area contributed by atoms with Crippen molar-refractivity contribution in [1.82, 2.24) is 9.66 Å². The van der Waals surface area contributed by atoms with Gasteiger partial charge in [0, 0.05) is 5.56 Å². The Morgan fingerprint density at radius 3 is 2.35 bits per heavy atom. The van der Waals surface area contributed by atoms with Crippen LogP contribution in [-0.2, 0) is 0 Å². The third-order valence-corrected chi connectivity index (χ3v) is 7.51. The summed E-state index contributed by atoms with van der Waals surface area (Å²) in [5, 5.41) is 5.19. The highest BCUT2D eigenvalue weighted by Crippen LogP contribution is 2.34. The fourth-order valence-corrected chi connectivity index (χ4v) is 6.26. The molecule has 4 aromatic rings. The first-order valence-electron chi connectivity index (χ1n) is 12.2. The lowest BCUT2D eigenvalue weighted by atomic mass is 9.96. The summed E-state index contributed by atoms with van der Waals surface area (Å²) in [5.74, 6) is 2.45. The molecule has 1 heterocycles. The number of ether oxygens (including phenoxy) is 2. The van der Waals surface area contributed by atoms with E-state index >= 15 is 0 Å². The van der Waals surface area contributed by atoms with E-state index in [0.29, 0.717) is 29.9 Å². The van der Waals surface area contributed by atoms with E-state index in [1.807, 2.05) is 57.2 Å². The molecule has 1 aromatic heterocycles. The molecule has 6 nitrogen and oxygen atoms in total. The average Bonchev–Trinajstić information content (AvgIpc) is 2.86. The monoisotopic (exact) mass is 721 g/mol. The molecule has 0 spiro atoms. The summed E-state index contributed by atoms with van der Waals surface area (Å²) in [6, 6.07) is 15.5. The van der Waals surface area contributed by atoms with Crippen LogP contribution in [0.1, 0.15) is 50.3 Å². The van der Waals surface area contributed by atoms with E-state index in [0.717, 1.165) is 40.9 Å². The number of hydrogen-bond donors (Lipinski definition) is 0. The van der Waals surface area contributed by atoms with Crippen LogP contribution in [0.4, 0.5) is 0 Å². The average molecular weight is 721 g/mol. The number of halogens is 2. The molecule has 0 saturated heterocycles. The van der Waals surface area contributed by atoms with Crippen molar-refractivity contribution < 1.29 is 9.47 Å². The molecule has 0 N–H and O–H groups in total. The van der Waals surface area contributed by atoms with Gasteiger partial charge in [0.2, 0.25) is 0 Å². The highest BCUT2D eigenvalue weighted by Gasteiger charge is 2.18. The molecule has 0 radical (unpaired) electrons. The van der Waals surface area contributed by atoms with E-state index < -0.39 is 0 Å². The molecular weight excluding hydrogens is 692 g/mol. The third kappa shape index (κ3) is 5.84. The maximum absolute atomic E-state index is 13.7. The zero-order valence-electron chi connectivity index (χ0n) is 21.5. The molecule has 8 heteroatoms. The van der Waals surface area contributed by atoms with Crippen LogP contribution in [-0.4, -0.2) is 29.1 Å². The summed E-state index contributed by atoms with van der Waals surface area (Å²) >= 11 is 4.53. The number of hydrogen-bond acceptors (Lipinski definition) is 5. The molecule has 0 aliphatic heterocycles. The molecule has 4 rings (SSSR count). The SMILES string of the molecule is CCOc1cc(C)c(-c2nc3ccccc3c(=O)n2N=Cc2cc(I)c(OCC)c(I)c2)cc1C(C)C. The highest BCUT2D eigenvalue weighted by atomic mass is 127. The van der Waals surface area contributed by atoms with Gasteiger partial charge in [-0.3, -0.25) is 4.79 Å². The lowest BCUT2D eigenvalue weighted by Gasteiger charge is -2.18. The molecule has 0 bridgehead atoms. The van der Waals surface area contributed by atoms with Crippen molar-refractivity contribution in [3.63, 3.8) is 0 Å². The smallest absolute Gasteiger partial charge is 0.282 e. The Hall–Kier alpha value is -2.47. The number of fused-ring (bicyclic) bond motifs is 1. The van der Waals surface area contributed by atoms with Crippen molar-refractivity contribution in [1.29, 1.82) is 0 Å². The minimum atomic E-state index is -0.216. The molecule has 192 valence electrons. The first-order chi connectivity index (χ1) is 17.7. The maximum atomic E-state index is 13.7. The minimum absolute atomic E-state index is 0.216. The van der Waals surface area contributed by atoms with Crippen LogP contribution in [0.3, 0.4) is 0 Å². The second-order valence-electron chi connectivity index (χ2n) is 8.85. The first-order valence-corrected chi connectivity index (χ1v) is 14.4. The van der Waals surface area contributed by atoms with E-state index in [9.17, 15) is 4.79 Å². The molecular formula is C29H29I2N3O3. The van der Waals surface area contributed by atoms with Gasteiger partial charge in [0.1, 0.15) is 11.5 Å². The lowest BCUT2D eigenvalue weighted by molar-refractivity contribution is 0.335. The summed E-state index contributed by atoms with van der Waals surface area (Å²) in [6.45, 7) is 11.4. The van der Waals surface area contributed by atoms with Crippen LogP contribution in [0.15, 0.2) is 58.4 Å². The van der Waals surface area contributed by atoms with Gasteiger partial charge in [-0.2, -0.15) is 9.78 Å². The van der Waals surface area contributed by atoms with E-state index in [4.69, 9.17) is 14.5 Å². The third-order valence-electron chi connectivity index (χ3n) is 5.90. The van der Waals surface area contributed by atoms with Crippen LogP contribution in [0.25, 0.3) is 22.3 Å². The second-order valence-corrected chi connectivity index (χ2v) is 11.2. The molecule has 0 atom stereocenters. The number of aromatic nitrogens is 2. The van der Waals surface area contributed by atoms with Crippen LogP contribution in [0.5, 0.6) is 11.5 Å². The fraction of sp³-hybridized carbons (Fsp3) is 0.276. The van der Waals surface area contributed by atoms with Gasteiger partial charge in [-0.1, -0.05) is 26.0 Å². The van der Waals surface area contributed by atoms with Crippen LogP contribution < -0.4 is 15.0 Å². The van der Waals surface area contributed by atoms with Gasteiger partial charge in [0.05, 0.1) is 37.5 Å². The first kappa shape index (κ1) is 27.6. The zero-order valence-corrected chi connectivity index (χ0v) is 25.8. The van der Waals surface area contributed by atoms with Crippen LogP contribution >= 0.6 is 45.2 Å². The Labute approximate surface area is 244 Å². The normalized spacial score (nSPS) is 11.6. The molecule has 0 aliphatic rings. The van der Waals surface area contributed by atoms with Gasteiger partial charge in [-0.25, -0.2) is 4.98 Å². The molecule has 0 aliphatic carbocycles. The predicted octanol–water partition coefficient (Wildman–Crippen LogP) is 7.38. The van der Waals surface area contributed by atoms with E-state index in [2.05, 4.69) is 70.2 Å². The summed E-state index contributed by atoms with van der Waals surface area (Å²) in [6.07, 6.45) is 1.70. The fourth-order valence-electron chi connectivity index (χ4n) is 4.14. The molecule has 0 saturated carbocycles. The van der Waals surface area contributed by atoms with Crippen molar-refractivity contribution in [2.45, 2.75) is 40.5 Å². The van der Waals surface area contributed by atoms with Crippen molar-refractivity contribution in [2.24, 2.45) is 5.10 Å². The summed E-state index contributed by atoms with van der Waals surface area (Å²) in [4.78, 5) is 18.6. The van der Waals surface area contributed by atoms with Crippen molar-refractivity contribution in [2.75, 3.05) is 13.2 Å². The molecule has 0 fully saturated rings. The van der Waals surface area contributed by atoms with E-state index in [1.165, 1.54) is 4.68 Å². The summed E-state index contributed by atoms with van der Waals surface area (Å²) < 4.78 is 15.1. The summed E-state index contributed by atoms with van der Waals surface area (Å²) in [7, 11) is 0. The lowest BCUT2D eigenvalue weighted by Crippen LogP contribution is -2.21. The van der Waals surface area contributed by atoms with Crippen molar-refractivity contribution in [3.05, 3.63) is 82.7 Å². The molecule has 3 aromatic carbocycles. The highest BCUT2D eigenvalue weighted by molar-refractivity contribution is 14.1. The van der Waals surface area contributed by atoms with Crippen molar-refractivity contribution in [3.8, 4) is 22.9 Å². The Morgan fingerprint density at radius 1 is 1.03 bits per heavy atom. The Balaban J connectivity index is 1.94. The van der Waals surface area contributed by atoms with Gasteiger partial charge < -0.3 is 9.47 Å². The van der Waals surface area contributed by atoms with Gasteiger partial charge in [-0.05, 0) is 125 Å². The number of aryl methyl sites for hydroxylation is 1. The Kier molecular flexibility index (Phi) is 8.89. The molecule has 0 amide bonds. The Bertz CT molecular complexity index is 1520. The molecule has 37 heavy (non-hydrogen) atoms. The minimum Gasteiger partial charge on any atom is -0.494 e. The summed E-state index contributed by atoms with van der Waals surface area (Å²) in [5.41, 5.74) is 4.17. The Morgan fingerprint density at radius 2 is 1.70 bits per heavy atom. The van der Waals surface area contributed by atoms with E-state index in [1.54, 1.807) is 12.3 Å². The zero-order chi connectivity index (χ0) is 26.7. The van der Waals surface area contributed by atoms with Crippen LogP contribution in [0, 0.1) is 14.1 Å². The number of benzene rings is 3. The maximum Gasteiger partial charge on any atom is 0.282 e. The van der Waals surface area contributed by atoms with Crippen molar-refractivity contribution >= 4 is 62.3 Å². The second kappa shape index (κ2) is 11.9. The van der Waals surface area contributed by atoms with Gasteiger partial charge in [0.15, 0.2) is 5.82 Å². The van der Waals surface area contributed by atoms with Gasteiger partial charge in [0.25, 0.3) is 5.56 Å². The van der Waals surface area contributed by atoms with Crippen LogP contribution in [0.2, 0.25) is 0 Å². The number of nitrogens with zero attached hydrogens (tertiary/aromatic N) is 3. The van der Waals surface area contributed by atoms with Gasteiger partial charge >= 0.3 is 0 Å². The number of rotatable bonds is 8. The molecule has 0 unspecified atom stereocenters. The topological polar surface area (TPSA) is 65.7 Å². The quantitative estimate of drug-likeness (QED) is 0.141.